The molecule has 2 aliphatic heterocycles. The highest BCUT2D eigenvalue weighted by Crippen LogP contribution is 2.54. The van der Waals surface area contributed by atoms with Gasteiger partial charge in [0.15, 0.2) is 0 Å². The van der Waals surface area contributed by atoms with Crippen LogP contribution in [0.5, 0.6) is 0 Å². The number of benzene rings is 9. The molecule has 0 saturated heterocycles. The largest absolute Gasteiger partial charge is 0.339 e. The second-order valence-corrected chi connectivity index (χ2v) is 26.7. The summed E-state index contributed by atoms with van der Waals surface area (Å²) < 4.78 is 4.50. The molecule has 12 heteroatoms. The van der Waals surface area contributed by atoms with Crippen LogP contribution in [-0.4, -0.2) is 55.7 Å². The predicted molar refractivity (Wildman–Crippen MR) is 369 cm³/mol. The van der Waals surface area contributed by atoms with E-state index in [1.54, 1.807) is 24.3 Å². The number of fused-ring (bicyclic) bond motifs is 8. The van der Waals surface area contributed by atoms with E-state index in [0.29, 0.717) is 56.2 Å². The third kappa shape index (κ3) is 10.5. The lowest BCUT2D eigenvalue weighted by molar-refractivity contribution is 0.0590. The fourth-order valence-corrected chi connectivity index (χ4v) is 16.1. The maximum atomic E-state index is 15.1. The second-order valence-electron chi connectivity index (χ2n) is 25.1. The van der Waals surface area contributed by atoms with E-state index >= 15 is 19.2 Å². The van der Waals surface area contributed by atoms with Crippen molar-refractivity contribution in [2.24, 2.45) is 0 Å². The van der Waals surface area contributed by atoms with E-state index in [1.165, 1.54) is 131 Å². The van der Waals surface area contributed by atoms with Gasteiger partial charge in [-0.3, -0.25) is 29.0 Å². The lowest BCUT2D eigenvalue weighted by atomic mass is 9.82. The molecule has 8 nitrogen and oxygen atoms in total. The van der Waals surface area contributed by atoms with E-state index < -0.39 is 23.6 Å². The van der Waals surface area contributed by atoms with E-state index in [-0.39, 0.29) is 55.4 Å². The number of imide groups is 2. The van der Waals surface area contributed by atoms with Crippen LogP contribution in [0.4, 0.5) is 0 Å². The summed E-state index contributed by atoms with van der Waals surface area (Å²) in [7, 11) is 0. The van der Waals surface area contributed by atoms with E-state index in [9.17, 15) is 0 Å². The van der Waals surface area contributed by atoms with Gasteiger partial charge < -0.3 is 9.13 Å². The number of carbonyl (C=O) groups is 4. The lowest BCUT2D eigenvalue weighted by Gasteiger charge is -2.31. The molecule has 0 N–H and O–H groups in total. The smallest absolute Gasteiger partial charge is 0.261 e. The summed E-state index contributed by atoms with van der Waals surface area (Å²) in [6.07, 6.45) is 23.1. The third-order valence-corrected chi connectivity index (χ3v) is 20.6. The van der Waals surface area contributed by atoms with Crippen LogP contribution < -0.4 is 0 Å². The second kappa shape index (κ2) is 25.3. The van der Waals surface area contributed by atoms with Crippen LogP contribution in [0.3, 0.4) is 0 Å². The van der Waals surface area contributed by atoms with Crippen molar-refractivity contribution in [2.45, 2.75) is 169 Å². The average Bonchev–Trinajstić information content (AvgIpc) is 0.965. The minimum Gasteiger partial charge on any atom is -0.339 e. The van der Waals surface area contributed by atoms with Crippen LogP contribution in [0.1, 0.15) is 194 Å². The van der Waals surface area contributed by atoms with Gasteiger partial charge in [-0.25, -0.2) is 0 Å². The third-order valence-electron chi connectivity index (χ3n) is 19.4. The summed E-state index contributed by atoms with van der Waals surface area (Å²) in [6.45, 7) is 9.86. The van der Waals surface area contributed by atoms with Gasteiger partial charge >= 0.3 is 0 Å². The van der Waals surface area contributed by atoms with Crippen molar-refractivity contribution in [1.29, 1.82) is 0 Å². The molecule has 11 aromatic rings. The van der Waals surface area contributed by atoms with Crippen LogP contribution in [0.15, 0.2) is 97.1 Å². The summed E-state index contributed by atoms with van der Waals surface area (Å²) in [5.41, 5.74) is 10.5. The highest BCUT2D eigenvalue weighted by Gasteiger charge is 2.40. The normalized spacial score (nSPS) is 13.7. The molecule has 0 saturated carbocycles. The Labute approximate surface area is 535 Å². The first kappa shape index (κ1) is 60.2. The van der Waals surface area contributed by atoms with Crippen molar-refractivity contribution in [2.75, 3.05) is 13.1 Å². The Kier molecular flexibility index (Phi) is 17.3. The Morgan fingerprint density at radius 2 is 0.534 bits per heavy atom. The van der Waals surface area contributed by atoms with Crippen LogP contribution in [-0.2, 0) is 38.8 Å². The minimum absolute atomic E-state index is 0.0942. The fourth-order valence-electron chi connectivity index (χ4n) is 14.9. The quantitative estimate of drug-likeness (QED) is 0.0234. The van der Waals surface area contributed by atoms with E-state index in [0.717, 1.165) is 73.4 Å². The van der Waals surface area contributed by atoms with Gasteiger partial charge in [-0.15, -0.1) is 0 Å². The number of hydrogen-bond donors (Lipinski definition) is 0. The molecule has 0 aliphatic carbocycles. The molecule has 4 amide bonds. The zero-order valence-electron chi connectivity index (χ0n) is 51.1. The molecule has 2 aromatic heterocycles. The summed E-state index contributed by atoms with van der Waals surface area (Å²) in [5, 5.41) is 9.09. The molecule has 0 bridgehead atoms. The lowest BCUT2D eigenvalue weighted by Crippen LogP contribution is -2.42. The monoisotopic (exact) mass is 1250 g/mol. The van der Waals surface area contributed by atoms with Crippen LogP contribution in [0.25, 0.3) is 86.7 Å². The summed E-state index contributed by atoms with van der Waals surface area (Å²) in [5.74, 6) is -1.89. The molecule has 4 heterocycles. The van der Waals surface area contributed by atoms with Gasteiger partial charge in [0, 0.05) is 133 Å². The zero-order valence-corrected chi connectivity index (χ0v) is 54.2. The molecule has 0 fully saturated rings. The number of carbonyl (C=O) groups excluding carboxylic acids is 4. The summed E-state index contributed by atoms with van der Waals surface area (Å²) in [6, 6.07) is 33.6. The molecule has 2 aliphatic rings. The highest BCUT2D eigenvalue weighted by atomic mass is 35.5. The van der Waals surface area contributed by atoms with E-state index in [1.807, 2.05) is 0 Å². The summed E-state index contributed by atoms with van der Waals surface area (Å²) in [4.78, 5) is 63.1. The first-order valence-corrected chi connectivity index (χ1v) is 34.1. The number of nitrogens with zero attached hydrogens (tertiary/aromatic N) is 4. The van der Waals surface area contributed by atoms with Crippen molar-refractivity contribution in [1.82, 2.24) is 18.9 Å². The van der Waals surface area contributed by atoms with Crippen LogP contribution in [0.2, 0.25) is 20.1 Å². The van der Waals surface area contributed by atoms with Crippen molar-refractivity contribution in [3.05, 3.63) is 162 Å². The molecule has 88 heavy (non-hydrogen) atoms. The molecule has 0 radical (unpaired) electrons. The van der Waals surface area contributed by atoms with Gasteiger partial charge in [-0.1, -0.05) is 175 Å². The van der Waals surface area contributed by atoms with Gasteiger partial charge in [0.1, 0.15) is 0 Å². The highest BCUT2D eigenvalue weighted by molar-refractivity contribution is 6.56. The number of aryl methyl sites for hydroxylation is 4. The minimum atomic E-state index is -0.473. The predicted octanol–water partition coefficient (Wildman–Crippen LogP) is 21.7. The van der Waals surface area contributed by atoms with Gasteiger partial charge in [-0.2, -0.15) is 0 Å². The molecule has 9 aromatic carbocycles. The topological polar surface area (TPSA) is 84.6 Å². The first-order valence-electron chi connectivity index (χ1n) is 32.6. The number of rotatable bonds is 26. The number of aromatic nitrogens is 2. The molecule has 0 atom stereocenters. The van der Waals surface area contributed by atoms with Crippen LogP contribution >= 0.6 is 46.4 Å². The molecule has 0 spiro atoms. The van der Waals surface area contributed by atoms with Crippen LogP contribution in [0, 0.1) is 0 Å². The van der Waals surface area contributed by atoms with Crippen molar-refractivity contribution in [3.63, 3.8) is 0 Å². The number of amides is 4. The fraction of sp³-hybridized carbons (Fsp3) is 0.368. The number of hydrogen-bond acceptors (Lipinski definition) is 4. The molecule has 452 valence electrons. The van der Waals surface area contributed by atoms with E-state index in [2.05, 4.69) is 110 Å². The maximum absolute atomic E-state index is 15.1. The Morgan fingerprint density at radius 1 is 0.284 bits per heavy atom. The SMILES string of the molecule is CCCCCCc1ccc2c(c1)c1cc(CCCCCC)ccc1n2CCN1C(=O)c2cc(Cl)c3c4c(Cl)cc5c6c(cc(Cl)c(c7c(Cl)cc(c2c37)C1=O)c64)C(=O)N(CCn1c2ccc(CCCCCC)cc2c2cc(CCCCCC)ccc21)C5=O. The zero-order chi connectivity index (χ0) is 61.1. The van der Waals surface area contributed by atoms with E-state index in [4.69, 9.17) is 46.4 Å². The molecule has 13 rings (SSSR count). The van der Waals surface area contributed by atoms with Crippen molar-refractivity contribution < 1.29 is 19.2 Å². The first-order chi connectivity index (χ1) is 42.8. The Balaban J connectivity index is 0.842. The number of halogens is 4. The Bertz CT molecular complexity index is 4070. The average molecular weight is 1250 g/mol. The molecular weight excluding hydrogens is 1170 g/mol. The Hall–Kier alpha value is -6.68. The van der Waals surface area contributed by atoms with Gasteiger partial charge in [0.05, 0.1) is 22.3 Å². The van der Waals surface area contributed by atoms with Gasteiger partial charge in [0.2, 0.25) is 0 Å². The van der Waals surface area contributed by atoms with Crippen molar-refractivity contribution in [3.8, 4) is 0 Å². The van der Waals surface area contributed by atoms with Gasteiger partial charge in [0.25, 0.3) is 23.6 Å². The van der Waals surface area contributed by atoms with Crippen molar-refractivity contribution >= 4 is 157 Å². The molecule has 0 unspecified atom stereocenters. The standard InChI is InChI=1S/C76H76Cl4N4O4/c1-5-9-13-17-21-45-25-29-61-49(37-45)50-38-46(22-18-14-10-6-2)26-30-62(50)81(61)33-35-83-73(85)53-41-57(77)67-69-59(79)43-55-66-56(44-60(80)70(72(66)69)68-58(78)42-54(74(83)86)65(53)71(67)68)76(88)84(75(55)87)36-34-82-63-31-27-47(23-19-15-11-7-3)39-51(63)52-40-48(28-32-64(52)82)24-20-16-12-8-4/h25-32,37-44H,5-24,33-36H2,1-4H3. The summed E-state index contributed by atoms with van der Waals surface area (Å²) >= 11 is 29.9. The number of unbranched alkanes of at least 4 members (excludes halogenated alkanes) is 12. The molecular formula is C76H76Cl4N4O4. The van der Waals surface area contributed by atoms with Gasteiger partial charge in [-0.05, 0) is 146 Å². The Morgan fingerprint density at radius 3 is 0.773 bits per heavy atom. The maximum Gasteiger partial charge on any atom is 0.261 e.